The molecule has 0 amide bonds. The third-order valence-corrected chi connectivity index (χ3v) is 3.41. The van der Waals surface area contributed by atoms with Crippen LogP contribution in [0.1, 0.15) is 18.1 Å². The third-order valence-electron chi connectivity index (χ3n) is 3.41. The van der Waals surface area contributed by atoms with E-state index in [1.54, 1.807) is 6.92 Å². The molecule has 0 saturated carbocycles. The van der Waals surface area contributed by atoms with Gasteiger partial charge in [0, 0.05) is 12.8 Å². The maximum Gasteiger partial charge on any atom is 0.326 e. The fourth-order valence-electron chi connectivity index (χ4n) is 2.40. The smallest absolute Gasteiger partial charge is 0.326 e. The second-order valence-corrected chi connectivity index (χ2v) is 5.20. The van der Waals surface area contributed by atoms with Crippen LogP contribution >= 0.6 is 12.4 Å². The maximum atomic E-state index is 12.3. The van der Waals surface area contributed by atoms with Gasteiger partial charge in [-0.2, -0.15) is 0 Å². The van der Waals surface area contributed by atoms with Crippen LogP contribution in [-0.2, 0) is 22.4 Å². The fraction of sp³-hybridized carbons (Fsp3) is 0.278. The summed E-state index contributed by atoms with van der Waals surface area (Å²) in [4.78, 5) is 12.3. The van der Waals surface area contributed by atoms with Gasteiger partial charge in [0.15, 0.2) is 0 Å². The van der Waals surface area contributed by atoms with Crippen LogP contribution in [0.4, 0.5) is 0 Å². The first-order chi connectivity index (χ1) is 10.1. The zero-order valence-corrected chi connectivity index (χ0v) is 13.5. The van der Waals surface area contributed by atoms with Gasteiger partial charge in [-0.05, 0) is 18.1 Å². The predicted octanol–water partition coefficient (Wildman–Crippen LogP) is 3.15. The Morgan fingerprint density at radius 2 is 1.36 bits per heavy atom. The number of carbonyl (C=O) groups is 1. The minimum absolute atomic E-state index is 0. The van der Waals surface area contributed by atoms with E-state index in [2.05, 4.69) is 0 Å². The van der Waals surface area contributed by atoms with Gasteiger partial charge in [0.2, 0.25) is 0 Å². The monoisotopic (exact) mass is 319 g/mol. The third kappa shape index (κ3) is 4.86. The number of nitrogens with two attached hydrogens (primary N) is 1. The lowest BCUT2D eigenvalue weighted by molar-refractivity contribution is -0.149. The number of benzene rings is 2. The van der Waals surface area contributed by atoms with E-state index in [9.17, 15) is 4.79 Å². The molecule has 0 radical (unpaired) electrons. The van der Waals surface area contributed by atoms with Crippen LogP contribution in [-0.4, -0.2) is 18.1 Å². The van der Waals surface area contributed by atoms with Gasteiger partial charge in [-0.15, -0.1) is 12.4 Å². The molecule has 2 rings (SSSR count). The number of esters is 1. The molecule has 0 aliphatic rings. The van der Waals surface area contributed by atoms with Crippen molar-refractivity contribution in [2.24, 2.45) is 5.73 Å². The summed E-state index contributed by atoms with van der Waals surface area (Å²) in [6.07, 6.45) is 0.920. The summed E-state index contributed by atoms with van der Waals surface area (Å²) in [6, 6.07) is 19.6. The first kappa shape index (κ1) is 18.2. The van der Waals surface area contributed by atoms with Crippen molar-refractivity contribution in [3.8, 4) is 0 Å². The van der Waals surface area contributed by atoms with Crippen LogP contribution in [0.25, 0.3) is 0 Å². The zero-order chi connectivity index (χ0) is 15.1. The Balaban J connectivity index is 0.00000242. The molecule has 0 aliphatic heterocycles. The predicted molar refractivity (Wildman–Crippen MR) is 91.1 cm³/mol. The molecule has 22 heavy (non-hydrogen) atoms. The SMILES string of the molecule is CCOC(=O)C(N)(Cc1ccccc1)Cc1ccccc1.Cl. The Morgan fingerprint density at radius 1 is 0.955 bits per heavy atom. The lowest BCUT2D eigenvalue weighted by Crippen LogP contribution is -2.52. The van der Waals surface area contributed by atoms with Crippen LogP contribution in [0.2, 0.25) is 0 Å². The Kier molecular flexibility index (Phi) is 7.09. The van der Waals surface area contributed by atoms with Gasteiger partial charge in [0.25, 0.3) is 0 Å². The first-order valence-corrected chi connectivity index (χ1v) is 7.18. The zero-order valence-electron chi connectivity index (χ0n) is 12.7. The molecule has 0 spiro atoms. The van der Waals surface area contributed by atoms with E-state index in [0.717, 1.165) is 11.1 Å². The van der Waals surface area contributed by atoms with Crippen LogP contribution < -0.4 is 5.73 Å². The fourth-order valence-corrected chi connectivity index (χ4v) is 2.40. The van der Waals surface area contributed by atoms with Gasteiger partial charge in [-0.3, -0.25) is 4.79 Å². The molecule has 3 nitrogen and oxygen atoms in total. The summed E-state index contributed by atoms with van der Waals surface area (Å²) in [6.45, 7) is 2.13. The highest BCUT2D eigenvalue weighted by atomic mass is 35.5. The lowest BCUT2D eigenvalue weighted by atomic mass is 9.85. The van der Waals surface area contributed by atoms with Crippen LogP contribution in [0.15, 0.2) is 60.7 Å². The highest BCUT2D eigenvalue weighted by molar-refractivity contribution is 5.85. The van der Waals surface area contributed by atoms with Crippen molar-refractivity contribution in [2.75, 3.05) is 6.61 Å². The van der Waals surface area contributed by atoms with Crippen molar-refractivity contribution in [1.29, 1.82) is 0 Å². The van der Waals surface area contributed by atoms with Gasteiger partial charge < -0.3 is 10.5 Å². The normalized spacial score (nSPS) is 10.6. The van der Waals surface area contributed by atoms with Gasteiger partial charge in [-0.25, -0.2) is 0 Å². The largest absolute Gasteiger partial charge is 0.465 e. The molecule has 0 bridgehead atoms. The summed E-state index contributed by atoms with van der Waals surface area (Å²) >= 11 is 0. The molecular formula is C18H22ClNO2. The maximum absolute atomic E-state index is 12.3. The van der Waals surface area contributed by atoms with Crippen molar-refractivity contribution in [2.45, 2.75) is 25.3 Å². The van der Waals surface area contributed by atoms with Crippen molar-refractivity contribution < 1.29 is 9.53 Å². The molecule has 0 saturated heterocycles. The Morgan fingerprint density at radius 3 is 1.73 bits per heavy atom. The van der Waals surface area contributed by atoms with Crippen LogP contribution in [0.5, 0.6) is 0 Å². The molecule has 2 N–H and O–H groups in total. The molecule has 118 valence electrons. The molecule has 0 heterocycles. The number of hydrogen-bond donors (Lipinski definition) is 1. The average Bonchev–Trinajstić information content (AvgIpc) is 2.49. The average molecular weight is 320 g/mol. The molecule has 0 aliphatic carbocycles. The topological polar surface area (TPSA) is 52.3 Å². The van der Waals surface area contributed by atoms with Gasteiger partial charge in [-0.1, -0.05) is 60.7 Å². The molecule has 4 heteroatoms. The first-order valence-electron chi connectivity index (χ1n) is 7.18. The molecular weight excluding hydrogens is 298 g/mol. The second kappa shape index (κ2) is 8.57. The highest BCUT2D eigenvalue weighted by Crippen LogP contribution is 2.19. The van der Waals surface area contributed by atoms with E-state index in [0.29, 0.717) is 19.4 Å². The number of halogens is 1. The van der Waals surface area contributed by atoms with Crippen molar-refractivity contribution in [1.82, 2.24) is 0 Å². The van der Waals surface area contributed by atoms with Crippen molar-refractivity contribution >= 4 is 18.4 Å². The number of rotatable bonds is 6. The van der Waals surface area contributed by atoms with E-state index in [1.165, 1.54) is 0 Å². The van der Waals surface area contributed by atoms with Crippen molar-refractivity contribution in [3.05, 3.63) is 71.8 Å². The van der Waals surface area contributed by atoms with Gasteiger partial charge in [0.05, 0.1) is 6.61 Å². The molecule has 0 fully saturated rings. The lowest BCUT2D eigenvalue weighted by Gasteiger charge is -2.27. The van der Waals surface area contributed by atoms with Gasteiger partial charge in [0.1, 0.15) is 5.54 Å². The minimum Gasteiger partial charge on any atom is -0.465 e. The van der Waals surface area contributed by atoms with Crippen molar-refractivity contribution in [3.63, 3.8) is 0 Å². The summed E-state index contributed by atoms with van der Waals surface area (Å²) in [7, 11) is 0. The van der Waals surface area contributed by atoms with E-state index in [4.69, 9.17) is 10.5 Å². The Labute approximate surface area is 137 Å². The molecule has 2 aromatic carbocycles. The minimum atomic E-state index is -1.04. The van der Waals surface area contributed by atoms with Gasteiger partial charge >= 0.3 is 5.97 Å². The molecule has 0 aromatic heterocycles. The summed E-state index contributed by atoms with van der Waals surface area (Å²) in [5.41, 5.74) is 7.44. The van der Waals surface area contributed by atoms with E-state index < -0.39 is 5.54 Å². The molecule has 0 atom stereocenters. The Hall–Kier alpha value is -1.84. The Bertz CT molecular complexity index is 531. The molecule has 2 aromatic rings. The van der Waals surface area contributed by atoms with E-state index in [1.807, 2.05) is 60.7 Å². The quantitative estimate of drug-likeness (QED) is 0.832. The summed E-state index contributed by atoms with van der Waals surface area (Å²) in [5, 5.41) is 0. The number of ether oxygens (including phenoxy) is 1. The standard InChI is InChI=1S/C18H21NO2.ClH/c1-2-21-17(20)18(19,13-15-9-5-3-6-10-15)14-16-11-7-4-8-12-16;/h3-12H,2,13-14,19H2,1H3;1H. The number of carbonyl (C=O) groups excluding carboxylic acids is 1. The van der Waals surface area contributed by atoms with Crippen LogP contribution in [0.3, 0.4) is 0 Å². The second-order valence-electron chi connectivity index (χ2n) is 5.20. The summed E-state index contributed by atoms with van der Waals surface area (Å²) in [5.74, 6) is -0.349. The number of hydrogen-bond acceptors (Lipinski definition) is 3. The highest BCUT2D eigenvalue weighted by Gasteiger charge is 2.35. The van der Waals surface area contributed by atoms with E-state index in [-0.39, 0.29) is 18.4 Å². The summed E-state index contributed by atoms with van der Waals surface area (Å²) < 4.78 is 5.19. The van der Waals surface area contributed by atoms with E-state index >= 15 is 0 Å². The van der Waals surface area contributed by atoms with Crippen LogP contribution in [0, 0.1) is 0 Å². The molecule has 0 unspecified atom stereocenters.